The van der Waals surface area contributed by atoms with E-state index in [1.807, 2.05) is 19.1 Å². The van der Waals surface area contributed by atoms with Crippen molar-refractivity contribution < 1.29 is 19.0 Å². The Bertz CT molecular complexity index is 859. The predicted octanol–water partition coefficient (Wildman–Crippen LogP) is 2.69. The number of amides is 1. The molecule has 1 heterocycles. The lowest BCUT2D eigenvalue weighted by molar-refractivity contribution is 0.0339. The SMILES string of the molecule is COc1ccc(C(=O)N/N=C(/C)c2ccc(OC)c(CN3CCOCC3)c2)cc1. The fraction of sp³-hybridized carbons (Fsp3) is 0.364. The molecular weight excluding hydrogens is 370 g/mol. The first-order valence-electron chi connectivity index (χ1n) is 9.57. The van der Waals surface area contributed by atoms with Crippen LogP contribution in [0.1, 0.15) is 28.4 Å². The molecule has 0 bridgehead atoms. The molecule has 0 aliphatic carbocycles. The highest BCUT2D eigenvalue weighted by Crippen LogP contribution is 2.22. The van der Waals surface area contributed by atoms with Gasteiger partial charge in [-0.05, 0) is 55.0 Å². The molecule has 0 saturated carbocycles. The Morgan fingerprint density at radius 1 is 1.07 bits per heavy atom. The Labute approximate surface area is 171 Å². The zero-order valence-corrected chi connectivity index (χ0v) is 17.1. The van der Waals surface area contributed by atoms with Gasteiger partial charge in [0.25, 0.3) is 5.91 Å². The summed E-state index contributed by atoms with van der Waals surface area (Å²) in [7, 11) is 3.26. The van der Waals surface area contributed by atoms with Crippen LogP contribution >= 0.6 is 0 Å². The average molecular weight is 397 g/mol. The highest BCUT2D eigenvalue weighted by molar-refractivity contribution is 6.01. The van der Waals surface area contributed by atoms with Gasteiger partial charge in [-0.2, -0.15) is 5.10 Å². The first-order chi connectivity index (χ1) is 14.1. The van der Waals surface area contributed by atoms with Crippen LogP contribution in [0.15, 0.2) is 47.6 Å². The van der Waals surface area contributed by atoms with E-state index in [0.29, 0.717) is 11.3 Å². The molecule has 1 fully saturated rings. The summed E-state index contributed by atoms with van der Waals surface area (Å²) in [6.07, 6.45) is 0. The minimum atomic E-state index is -0.269. The lowest BCUT2D eigenvalue weighted by Crippen LogP contribution is -2.35. The second-order valence-corrected chi connectivity index (χ2v) is 6.78. The minimum absolute atomic E-state index is 0.269. The molecule has 7 nitrogen and oxygen atoms in total. The van der Waals surface area contributed by atoms with Crippen molar-refractivity contribution in [1.29, 1.82) is 0 Å². The van der Waals surface area contributed by atoms with Crippen LogP contribution in [0.2, 0.25) is 0 Å². The standard InChI is InChI=1S/C22H27N3O4/c1-16(23-24-22(26)17-4-7-20(27-2)8-5-17)18-6-9-21(28-3)19(14-18)15-25-10-12-29-13-11-25/h4-9,14H,10-13,15H2,1-3H3,(H,24,26)/b23-16-. The van der Waals surface area contributed by atoms with Gasteiger partial charge in [0, 0.05) is 30.8 Å². The summed E-state index contributed by atoms with van der Waals surface area (Å²) in [5, 5.41) is 4.27. The summed E-state index contributed by atoms with van der Waals surface area (Å²) in [5.41, 5.74) is 5.87. The Morgan fingerprint density at radius 2 is 1.76 bits per heavy atom. The van der Waals surface area contributed by atoms with Crippen LogP contribution in [0.25, 0.3) is 0 Å². The van der Waals surface area contributed by atoms with E-state index in [0.717, 1.165) is 55.4 Å². The summed E-state index contributed by atoms with van der Waals surface area (Å²) in [4.78, 5) is 14.6. The van der Waals surface area contributed by atoms with Crippen molar-refractivity contribution in [2.45, 2.75) is 13.5 Å². The molecule has 1 saturated heterocycles. The fourth-order valence-electron chi connectivity index (χ4n) is 3.13. The van der Waals surface area contributed by atoms with E-state index in [2.05, 4.69) is 21.5 Å². The van der Waals surface area contributed by atoms with Crippen LogP contribution in [0, 0.1) is 0 Å². The fourth-order valence-corrected chi connectivity index (χ4v) is 3.13. The Kier molecular flexibility index (Phi) is 7.21. The average Bonchev–Trinajstić information content (AvgIpc) is 2.78. The van der Waals surface area contributed by atoms with Crippen LogP contribution < -0.4 is 14.9 Å². The molecule has 2 aromatic carbocycles. The quantitative estimate of drug-likeness (QED) is 0.575. The maximum Gasteiger partial charge on any atom is 0.271 e. The first-order valence-corrected chi connectivity index (χ1v) is 9.57. The van der Waals surface area contributed by atoms with Crippen molar-refractivity contribution >= 4 is 11.6 Å². The number of hydrogen-bond acceptors (Lipinski definition) is 6. The second kappa shape index (κ2) is 10.0. The normalized spacial score (nSPS) is 15.1. The van der Waals surface area contributed by atoms with Gasteiger partial charge in [-0.1, -0.05) is 0 Å². The van der Waals surface area contributed by atoms with E-state index >= 15 is 0 Å². The van der Waals surface area contributed by atoms with Crippen molar-refractivity contribution in [1.82, 2.24) is 10.3 Å². The molecule has 1 aliphatic heterocycles. The third-order valence-corrected chi connectivity index (χ3v) is 4.87. The van der Waals surface area contributed by atoms with Crippen molar-refractivity contribution in [3.63, 3.8) is 0 Å². The predicted molar refractivity (Wildman–Crippen MR) is 112 cm³/mol. The van der Waals surface area contributed by atoms with E-state index in [-0.39, 0.29) is 5.91 Å². The zero-order chi connectivity index (χ0) is 20.6. The number of morpholine rings is 1. The van der Waals surface area contributed by atoms with Crippen molar-refractivity contribution in [2.75, 3.05) is 40.5 Å². The number of methoxy groups -OCH3 is 2. The highest BCUT2D eigenvalue weighted by atomic mass is 16.5. The van der Waals surface area contributed by atoms with Crippen LogP contribution in [0.5, 0.6) is 11.5 Å². The largest absolute Gasteiger partial charge is 0.497 e. The topological polar surface area (TPSA) is 72.4 Å². The van der Waals surface area contributed by atoms with Gasteiger partial charge in [-0.25, -0.2) is 5.43 Å². The third kappa shape index (κ3) is 5.56. The molecule has 29 heavy (non-hydrogen) atoms. The number of benzene rings is 2. The lowest BCUT2D eigenvalue weighted by Gasteiger charge is -2.27. The maximum atomic E-state index is 12.3. The number of carbonyl (C=O) groups is 1. The summed E-state index contributed by atoms with van der Waals surface area (Å²) in [5.74, 6) is 1.27. The molecule has 0 unspecified atom stereocenters. The van der Waals surface area contributed by atoms with Crippen LogP contribution in [0.3, 0.4) is 0 Å². The van der Waals surface area contributed by atoms with Crippen LogP contribution in [-0.2, 0) is 11.3 Å². The first kappa shape index (κ1) is 20.8. The van der Waals surface area contributed by atoms with Crippen molar-refractivity contribution in [2.24, 2.45) is 5.10 Å². The summed E-state index contributed by atoms with van der Waals surface area (Å²) >= 11 is 0. The molecule has 1 aliphatic rings. The monoisotopic (exact) mass is 397 g/mol. The number of nitrogens with zero attached hydrogens (tertiary/aromatic N) is 2. The second-order valence-electron chi connectivity index (χ2n) is 6.78. The smallest absolute Gasteiger partial charge is 0.271 e. The molecular formula is C22H27N3O4. The van der Waals surface area contributed by atoms with E-state index in [1.54, 1.807) is 38.5 Å². The number of hydrogen-bond donors (Lipinski definition) is 1. The summed E-state index contributed by atoms with van der Waals surface area (Å²) in [6.45, 7) is 5.96. The summed E-state index contributed by atoms with van der Waals surface area (Å²) < 4.78 is 16.0. The van der Waals surface area contributed by atoms with Gasteiger partial charge in [0.1, 0.15) is 11.5 Å². The zero-order valence-electron chi connectivity index (χ0n) is 17.1. The van der Waals surface area contributed by atoms with Crippen LogP contribution in [-0.4, -0.2) is 57.0 Å². The van der Waals surface area contributed by atoms with Gasteiger partial charge in [0.2, 0.25) is 0 Å². The molecule has 2 aromatic rings. The van der Waals surface area contributed by atoms with Crippen molar-refractivity contribution in [3.05, 3.63) is 59.2 Å². The Morgan fingerprint density at radius 3 is 2.41 bits per heavy atom. The number of rotatable bonds is 7. The molecule has 0 radical (unpaired) electrons. The lowest BCUT2D eigenvalue weighted by atomic mass is 10.1. The highest BCUT2D eigenvalue weighted by Gasteiger charge is 2.14. The molecule has 0 spiro atoms. The molecule has 1 amide bonds. The van der Waals surface area contributed by atoms with E-state index in [1.165, 1.54) is 0 Å². The Hall–Kier alpha value is -2.90. The van der Waals surface area contributed by atoms with Gasteiger partial charge in [0.05, 0.1) is 33.1 Å². The Balaban J connectivity index is 1.70. The number of carbonyl (C=O) groups excluding carboxylic acids is 1. The number of nitrogens with one attached hydrogen (secondary N) is 1. The van der Waals surface area contributed by atoms with Gasteiger partial charge >= 0.3 is 0 Å². The van der Waals surface area contributed by atoms with E-state index < -0.39 is 0 Å². The van der Waals surface area contributed by atoms with Gasteiger partial charge in [-0.3, -0.25) is 9.69 Å². The molecule has 1 N–H and O–H groups in total. The van der Waals surface area contributed by atoms with Gasteiger partial charge in [0.15, 0.2) is 0 Å². The van der Waals surface area contributed by atoms with Gasteiger partial charge in [-0.15, -0.1) is 0 Å². The van der Waals surface area contributed by atoms with Crippen LogP contribution in [0.4, 0.5) is 0 Å². The van der Waals surface area contributed by atoms with Gasteiger partial charge < -0.3 is 14.2 Å². The molecule has 0 atom stereocenters. The summed E-state index contributed by atoms with van der Waals surface area (Å²) in [6, 6.07) is 12.8. The molecule has 7 heteroatoms. The molecule has 0 aromatic heterocycles. The number of ether oxygens (including phenoxy) is 3. The third-order valence-electron chi connectivity index (χ3n) is 4.87. The van der Waals surface area contributed by atoms with Crippen molar-refractivity contribution in [3.8, 4) is 11.5 Å². The van der Waals surface area contributed by atoms with E-state index in [4.69, 9.17) is 14.2 Å². The maximum absolute atomic E-state index is 12.3. The van der Waals surface area contributed by atoms with E-state index in [9.17, 15) is 4.79 Å². The molecule has 3 rings (SSSR count). The minimum Gasteiger partial charge on any atom is -0.497 e. The molecule has 154 valence electrons. The number of hydrazone groups is 1.